The van der Waals surface area contributed by atoms with Gasteiger partial charge in [-0.25, -0.2) is 32.5 Å². The predicted octanol–water partition coefficient (Wildman–Crippen LogP) is 8.70. The molecule has 0 spiro atoms. The Kier molecular flexibility index (Phi) is 14.7. The SMILES string of the molecule is CC(C)c1cc2c(c(C(C)CCC(C)c3ncc(F)c(C(C)C)c3CC(=O)N=S(N)(=O)c3sc(C(C)(C)O)cc3F)c1CC(=O)N=S(N)(=O)c1cnc(C(C)(C)O)s1)CCC2. The van der Waals surface area contributed by atoms with Crippen LogP contribution in [0, 0.1) is 11.6 Å². The van der Waals surface area contributed by atoms with E-state index in [9.17, 15) is 32.6 Å². The number of hydrogen-bond acceptors (Lipinski definition) is 10. The smallest absolute Gasteiger partial charge is 0.259 e. The van der Waals surface area contributed by atoms with E-state index in [1.54, 1.807) is 27.7 Å². The highest BCUT2D eigenvalue weighted by atomic mass is 32.2. The van der Waals surface area contributed by atoms with Crippen molar-refractivity contribution >= 4 is 54.3 Å². The fourth-order valence-corrected chi connectivity index (χ4v) is 12.6. The average molecular weight is 921 g/mol. The lowest BCUT2D eigenvalue weighted by Gasteiger charge is -2.26. The number of carbonyl (C=O) groups excluding carboxylic acids is 2. The molecule has 3 heterocycles. The van der Waals surface area contributed by atoms with Gasteiger partial charge in [0.05, 0.1) is 30.8 Å². The van der Waals surface area contributed by atoms with Crippen molar-refractivity contribution in [1.29, 1.82) is 0 Å². The molecule has 1 aliphatic rings. The average Bonchev–Trinajstić information content (AvgIpc) is 3.90. The summed E-state index contributed by atoms with van der Waals surface area (Å²) in [4.78, 5) is 36.1. The third-order valence-electron chi connectivity index (χ3n) is 10.9. The number of aromatic nitrogens is 2. The molecule has 334 valence electrons. The van der Waals surface area contributed by atoms with Gasteiger partial charge in [-0.05, 0) is 128 Å². The van der Waals surface area contributed by atoms with Crippen LogP contribution >= 0.6 is 22.7 Å². The van der Waals surface area contributed by atoms with Crippen LogP contribution in [0.3, 0.4) is 0 Å². The van der Waals surface area contributed by atoms with Crippen molar-refractivity contribution in [2.45, 2.75) is 157 Å². The van der Waals surface area contributed by atoms with E-state index in [2.05, 4.69) is 45.5 Å². The molecule has 4 aromatic rings. The molecule has 1 aliphatic carbocycles. The third kappa shape index (κ3) is 11.1. The number of carbonyl (C=O) groups is 2. The van der Waals surface area contributed by atoms with E-state index >= 15 is 4.39 Å². The van der Waals surface area contributed by atoms with Crippen molar-refractivity contribution in [2.24, 2.45) is 19.0 Å². The lowest BCUT2D eigenvalue weighted by molar-refractivity contribution is -0.117. The number of aliphatic hydroxyl groups is 2. The molecule has 4 atom stereocenters. The second-order valence-corrected chi connectivity index (χ2v) is 23.8. The molecule has 0 fully saturated rings. The fraction of sp³-hybridized carbons (Fsp3) is 0.535. The highest BCUT2D eigenvalue weighted by molar-refractivity contribution is 7.94. The molecule has 61 heavy (non-hydrogen) atoms. The quantitative estimate of drug-likeness (QED) is 0.0904. The molecular formula is C43H58F2N6O6S4. The van der Waals surface area contributed by atoms with E-state index in [-0.39, 0.29) is 44.7 Å². The van der Waals surface area contributed by atoms with E-state index in [0.717, 1.165) is 59.6 Å². The molecule has 5 rings (SSSR count). The summed E-state index contributed by atoms with van der Waals surface area (Å²) in [5.74, 6) is -3.81. The van der Waals surface area contributed by atoms with Crippen LogP contribution in [0.5, 0.6) is 0 Å². The number of nitrogens with zero attached hydrogens (tertiary/aromatic N) is 4. The summed E-state index contributed by atoms with van der Waals surface area (Å²) in [6, 6.07) is 3.19. The number of thiophene rings is 1. The van der Waals surface area contributed by atoms with E-state index in [1.165, 1.54) is 31.2 Å². The zero-order valence-electron chi connectivity index (χ0n) is 36.4. The summed E-state index contributed by atoms with van der Waals surface area (Å²) >= 11 is 1.62. The van der Waals surface area contributed by atoms with Gasteiger partial charge in [0, 0.05) is 10.6 Å². The van der Waals surface area contributed by atoms with Crippen molar-refractivity contribution in [1.82, 2.24) is 9.97 Å². The standard InChI is InChI=1S/C43H58F2N6O6S4/c1-22(2)28-16-26-12-11-13-27(26)38(29(28)17-34(52)50-60(46,56)36-21-49-41(59-36)43(9,10)55)24(5)14-15-25(6)39-30(37(23(3)4)32(45)20-48-39)18-35(53)51-61(47,57)40-31(44)19-33(58-40)42(7,8)54/h16,19-25,54-55H,11-15,17-18H2,1-10H3,(H2,46,50,52,56)(H2,47,51,53,57). The number of benzene rings is 1. The summed E-state index contributed by atoms with van der Waals surface area (Å²) < 4.78 is 64.9. The zero-order chi connectivity index (χ0) is 45.6. The minimum absolute atomic E-state index is 0.0584. The first-order chi connectivity index (χ1) is 28.1. The molecule has 0 bridgehead atoms. The number of fused-ring (bicyclic) bond motifs is 1. The molecule has 2 amide bonds. The van der Waals surface area contributed by atoms with E-state index in [0.29, 0.717) is 40.4 Å². The Labute approximate surface area is 366 Å². The Morgan fingerprint density at radius 3 is 1.95 bits per heavy atom. The molecule has 0 aliphatic heterocycles. The number of aryl methyl sites for hydroxylation is 1. The van der Waals surface area contributed by atoms with Crippen LogP contribution < -0.4 is 10.3 Å². The Morgan fingerprint density at radius 1 is 0.787 bits per heavy atom. The molecule has 0 radical (unpaired) electrons. The number of rotatable bonds is 15. The lowest BCUT2D eigenvalue weighted by Crippen LogP contribution is -2.18. The van der Waals surface area contributed by atoms with Crippen molar-refractivity contribution in [3.8, 4) is 0 Å². The number of amides is 2. The van der Waals surface area contributed by atoms with Gasteiger partial charge in [0.25, 0.3) is 11.8 Å². The van der Waals surface area contributed by atoms with Gasteiger partial charge in [-0.15, -0.1) is 31.4 Å². The van der Waals surface area contributed by atoms with Gasteiger partial charge >= 0.3 is 0 Å². The van der Waals surface area contributed by atoms with Gasteiger partial charge in [0.15, 0.2) is 29.9 Å². The second kappa shape index (κ2) is 18.4. The van der Waals surface area contributed by atoms with Gasteiger partial charge < -0.3 is 10.2 Å². The normalized spacial score (nSPS) is 16.3. The van der Waals surface area contributed by atoms with Crippen molar-refractivity contribution in [3.05, 3.63) is 90.7 Å². The van der Waals surface area contributed by atoms with E-state index < -0.39 is 65.1 Å². The first-order valence-electron chi connectivity index (χ1n) is 20.3. The first-order valence-corrected chi connectivity index (χ1v) is 25.1. The van der Waals surface area contributed by atoms with Crippen LogP contribution in [0.2, 0.25) is 0 Å². The predicted molar refractivity (Wildman–Crippen MR) is 237 cm³/mol. The van der Waals surface area contributed by atoms with Crippen LogP contribution in [0.1, 0.15) is 167 Å². The summed E-state index contributed by atoms with van der Waals surface area (Å²) in [6.45, 7) is 17.7. The largest absolute Gasteiger partial charge is 0.385 e. The van der Waals surface area contributed by atoms with Crippen LogP contribution in [0.15, 0.2) is 41.7 Å². The van der Waals surface area contributed by atoms with Crippen molar-refractivity contribution in [3.63, 3.8) is 0 Å². The monoisotopic (exact) mass is 920 g/mol. The summed E-state index contributed by atoms with van der Waals surface area (Å²) in [7, 11) is -7.70. The number of halogens is 2. The highest BCUT2D eigenvalue weighted by Crippen LogP contribution is 2.41. The molecule has 0 saturated heterocycles. The molecule has 12 nitrogen and oxygen atoms in total. The maximum Gasteiger partial charge on any atom is 0.259 e. The van der Waals surface area contributed by atoms with Gasteiger partial charge in [-0.2, -0.15) is 0 Å². The molecule has 3 aromatic heterocycles. The summed E-state index contributed by atoms with van der Waals surface area (Å²) in [6.07, 6.45) is 5.70. The maximum atomic E-state index is 15.5. The molecule has 18 heteroatoms. The molecule has 0 saturated carbocycles. The topological polar surface area (TPSA) is 211 Å². The summed E-state index contributed by atoms with van der Waals surface area (Å²) in [5.41, 5.74) is 3.63. The number of hydrogen-bond donors (Lipinski definition) is 4. The number of nitrogens with two attached hydrogens (primary N) is 2. The Hall–Kier alpha value is -3.36. The van der Waals surface area contributed by atoms with Crippen LogP contribution in [0.4, 0.5) is 8.78 Å². The minimum atomic E-state index is -4.06. The van der Waals surface area contributed by atoms with Gasteiger partial charge in [-0.1, -0.05) is 47.6 Å². The lowest BCUT2D eigenvalue weighted by atomic mass is 9.79. The van der Waals surface area contributed by atoms with E-state index in [1.807, 2.05) is 6.92 Å². The molecule has 1 aromatic carbocycles. The van der Waals surface area contributed by atoms with E-state index in [4.69, 9.17) is 10.3 Å². The molecule has 4 unspecified atom stereocenters. The van der Waals surface area contributed by atoms with Crippen molar-refractivity contribution in [2.75, 3.05) is 0 Å². The molecule has 6 N–H and O–H groups in total. The fourth-order valence-electron chi connectivity index (χ4n) is 8.01. The minimum Gasteiger partial charge on any atom is -0.385 e. The number of thiazole rings is 1. The van der Waals surface area contributed by atoms with Crippen molar-refractivity contribution < 1.29 is 37.0 Å². The Morgan fingerprint density at radius 2 is 1.39 bits per heavy atom. The van der Waals surface area contributed by atoms with Gasteiger partial charge in [-0.3, -0.25) is 14.6 Å². The van der Waals surface area contributed by atoms with Crippen LogP contribution in [-0.4, -0.2) is 40.4 Å². The first kappa shape index (κ1) is 48.7. The van der Waals surface area contributed by atoms with Crippen LogP contribution in [-0.2, 0) is 66.3 Å². The summed E-state index contributed by atoms with van der Waals surface area (Å²) in [5, 5.41) is 33.2. The van der Waals surface area contributed by atoms with Gasteiger partial charge in [0.1, 0.15) is 20.6 Å². The molecular weight excluding hydrogens is 863 g/mol. The van der Waals surface area contributed by atoms with Gasteiger partial charge in [0.2, 0.25) is 0 Å². The second-order valence-electron chi connectivity index (χ2n) is 17.7. The maximum absolute atomic E-state index is 15.5. The number of pyridine rings is 1. The zero-order valence-corrected chi connectivity index (χ0v) is 39.7. The Balaban J connectivity index is 1.47. The highest BCUT2D eigenvalue weighted by Gasteiger charge is 2.31. The Bertz CT molecular complexity index is 2590. The van der Waals surface area contributed by atoms with Crippen LogP contribution in [0.25, 0.3) is 0 Å². The third-order valence-corrected chi connectivity index (χ3v) is 17.6.